The summed E-state index contributed by atoms with van der Waals surface area (Å²) in [5.41, 5.74) is 1.16. The van der Waals surface area contributed by atoms with E-state index < -0.39 is 16.0 Å². The summed E-state index contributed by atoms with van der Waals surface area (Å²) in [6.45, 7) is 5.41. The summed E-state index contributed by atoms with van der Waals surface area (Å²) in [7, 11) is -3.80. The van der Waals surface area contributed by atoms with Crippen LogP contribution in [-0.4, -0.2) is 26.1 Å². The minimum Gasteiger partial charge on any atom is -0.493 e. The van der Waals surface area contributed by atoms with E-state index in [2.05, 4.69) is 0 Å². The van der Waals surface area contributed by atoms with E-state index in [1.54, 1.807) is 13.0 Å². The van der Waals surface area contributed by atoms with Crippen LogP contribution < -0.4 is 9.88 Å². The van der Waals surface area contributed by atoms with Crippen LogP contribution in [0.25, 0.3) is 0 Å². The second-order valence-corrected chi connectivity index (χ2v) is 6.38. The van der Waals surface area contributed by atoms with Crippen molar-refractivity contribution in [3.05, 3.63) is 23.3 Å². The predicted octanol–water partition coefficient (Wildman–Crippen LogP) is 1.62. The molecule has 1 aromatic rings. The van der Waals surface area contributed by atoms with E-state index in [1.807, 2.05) is 13.8 Å². The lowest BCUT2D eigenvalue weighted by molar-refractivity contribution is -0.137. The quantitative estimate of drug-likeness (QED) is 0.830. The van der Waals surface area contributed by atoms with Crippen molar-refractivity contribution in [3.63, 3.8) is 0 Å². The van der Waals surface area contributed by atoms with Crippen LogP contribution in [0, 0.1) is 6.92 Å². The molecule has 0 fully saturated rings. The number of rotatable bonds is 6. The number of hydrogen-bond donors (Lipinski definition) is 2. The van der Waals surface area contributed by atoms with Crippen LogP contribution in [0.3, 0.4) is 0 Å². The molecule has 112 valence electrons. The number of nitrogens with two attached hydrogens (primary N) is 1. The molecule has 0 atom stereocenters. The molecule has 7 heteroatoms. The fourth-order valence-corrected chi connectivity index (χ4v) is 2.74. The highest BCUT2D eigenvalue weighted by Gasteiger charge is 2.19. The lowest BCUT2D eigenvalue weighted by Crippen LogP contribution is -2.16. The van der Waals surface area contributed by atoms with Gasteiger partial charge in [0.15, 0.2) is 0 Å². The van der Waals surface area contributed by atoms with Gasteiger partial charge in [-0.3, -0.25) is 4.79 Å². The molecule has 0 amide bonds. The summed E-state index contributed by atoms with van der Waals surface area (Å²) in [6, 6.07) is 3.07. The molecule has 20 heavy (non-hydrogen) atoms. The van der Waals surface area contributed by atoms with Crippen LogP contribution in [-0.2, 0) is 14.8 Å². The van der Waals surface area contributed by atoms with E-state index in [0.29, 0.717) is 16.9 Å². The number of primary sulfonamides is 1. The van der Waals surface area contributed by atoms with E-state index in [1.165, 1.54) is 6.07 Å². The lowest BCUT2D eigenvalue weighted by Gasteiger charge is -2.16. The maximum absolute atomic E-state index is 11.6. The van der Waals surface area contributed by atoms with Crippen LogP contribution in [0.1, 0.15) is 37.3 Å². The summed E-state index contributed by atoms with van der Waals surface area (Å²) >= 11 is 0. The molecule has 0 aromatic heterocycles. The molecular formula is C13H19NO5S. The Balaban J connectivity index is 3.17. The number of aliphatic carboxylic acids is 1. The summed E-state index contributed by atoms with van der Waals surface area (Å²) in [5.74, 6) is -0.527. The third kappa shape index (κ3) is 4.21. The summed E-state index contributed by atoms with van der Waals surface area (Å²) in [4.78, 5) is 10.5. The number of ether oxygens (including phenoxy) is 1. The standard InChI is InChI=1S/C13H19NO5S/c1-8(2)10-7-11(19-5-4-13(15)16)9(3)6-12(10)20(14,17)18/h6-8H,4-5H2,1-3H3,(H,15,16)(H2,14,17,18). The Morgan fingerprint density at radius 2 is 2.00 bits per heavy atom. The van der Waals surface area contributed by atoms with Crippen molar-refractivity contribution in [2.75, 3.05) is 6.61 Å². The largest absolute Gasteiger partial charge is 0.493 e. The molecule has 1 rings (SSSR count). The normalized spacial score (nSPS) is 11.7. The average molecular weight is 301 g/mol. The van der Waals surface area contributed by atoms with Gasteiger partial charge in [-0.2, -0.15) is 0 Å². The molecule has 0 radical (unpaired) electrons. The van der Waals surface area contributed by atoms with E-state index in [0.717, 1.165) is 0 Å². The molecule has 0 aliphatic heterocycles. The zero-order valence-corrected chi connectivity index (χ0v) is 12.5. The summed E-state index contributed by atoms with van der Waals surface area (Å²) < 4.78 is 28.6. The van der Waals surface area contributed by atoms with Gasteiger partial charge in [-0.05, 0) is 36.1 Å². The van der Waals surface area contributed by atoms with Crippen LogP contribution >= 0.6 is 0 Å². The van der Waals surface area contributed by atoms with Gasteiger partial charge >= 0.3 is 5.97 Å². The zero-order chi connectivity index (χ0) is 15.5. The summed E-state index contributed by atoms with van der Waals surface area (Å²) in [5, 5.41) is 13.8. The lowest BCUT2D eigenvalue weighted by atomic mass is 10.0. The van der Waals surface area contributed by atoms with Crippen molar-refractivity contribution in [2.24, 2.45) is 5.14 Å². The van der Waals surface area contributed by atoms with Crippen molar-refractivity contribution >= 4 is 16.0 Å². The predicted molar refractivity (Wildman–Crippen MR) is 74.4 cm³/mol. The molecule has 1 aromatic carbocycles. The molecule has 0 aliphatic rings. The molecular weight excluding hydrogens is 282 g/mol. The smallest absolute Gasteiger partial charge is 0.306 e. The Labute approximate surface area is 118 Å². The molecule has 3 N–H and O–H groups in total. The Hall–Kier alpha value is -1.60. The molecule has 0 heterocycles. The molecule has 0 bridgehead atoms. The van der Waals surface area contributed by atoms with Gasteiger partial charge in [-0.15, -0.1) is 0 Å². The maximum Gasteiger partial charge on any atom is 0.306 e. The van der Waals surface area contributed by atoms with Gasteiger partial charge in [0.1, 0.15) is 5.75 Å². The van der Waals surface area contributed by atoms with Gasteiger partial charge < -0.3 is 9.84 Å². The van der Waals surface area contributed by atoms with E-state index in [-0.39, 0.29) is 23.8 Å². The van der Waals surface area contributed by atoms with Gasteiger partial charge in [-0.25, -0.2) is 13.6 Å². The highest BCUT2D eigenvalue weighted by molar-refractivity contribution is 7.89. The average Bonchev–Trinajstić information content (AvgIpc) is 2.28. The van der Waals surface area contributed by atoms with E-state index in [4.69, 9.17) is 15.0 Å². The number of sulfonamides is 1. The third-order valence-electron chi connectivity index (χ3n) is 2.81. The molecule has 6 nitrogen and oxygen atoms in total. The molecule has 0 saturated carbocycles. The second-order valence-electron chi connectivity index (χ2n) is 4.85. The van der Waals surface area contributed by atoms with Crippen molar-refractivity contribution in [1.82, 2.24) is 0 Å². The van der Waals surface area contributed by atoms with Gasteiger partial charge in [0.25, 0.3) is 0 Å². The van der Waals surface area contributed by atoms with Crippen molar-refractivity contribution in [3.8, 4) is 5.75 Å². The van der Waals surface area contributed by atoms with Gasteiger partial charge in [0.2, 0.25) is 10.0 Å². The number of hydrogen-bond acceptors (Lipinski definition) is 4. The molecule has 0 saturated heterocycles. The van der Waals surface area contributed by atoms with Crippen molar-refractivity contribution < 1.29 is 23.1 Å². The highest BCUT2D eigenvalue weighted by atomic mass is 32.2. The van der Waals surface area contributed by atoms with Gasteiger partial charge in [-0.1, -0.05) is 13.8 Å². The number of carboxylic acids is 1. The van der Waals surface area contributed by atoms with Crippen molar-refractivity contribution in [2.45, 2.75) is 38.0 Å². The van der Waals surface area contributed by atoms with E-state index >= 15 is 0 Å². The SMILES string of the molecule is Cc1cc(S(N)(=O)=O)c(C(C)C)cc1OCCC(=O)O. The number of carbonyl (C=O) groups is 1. The fraction of sp³-hybridized carbons (Fsp3) is 0.462. The first-order valence-electron chi connectivity index (χ1n) is 6.15. The minimum absolute atomic E-state index is 0.0302. The highest BCUT2D eigenvalue weighted by Crippen LogP contribution is 2.30. The van der Waals surface area contributed by atoms with E-state index in [9.17, 15) is 13.2 Å². The fourth-order valence-electron chi connectivity index (χ4n) is 1.78. The monoisotopic (exact) mass is 301 g/mol. The first kappa shape index (κ1) is 16.5. The van der Waals surface area contributed by atoms with Crippen LogP contribution in [0.2, 0.25) is 0 Å². The third-order valence-corrected chi connectivity index (χ3v) is 3.78. The Kier molecular flexibility index (Phi) is 5.13. The van der Waals surface area contributed by atoms with Crippen molar-refractivity contribution in [1.29, 1.82) is 0 Å². The number of benzene rings is 1. The Bertz CT molecular complexity index is 607. The van der Waals surface area contributed by atoms with Crippen LogP contribution in [0.5, 0.6) is 5.75 Å². The first-order valence-corrected chi connectivity index (χ1v) is 7.69. The van der Waals surface area contributed by atoms with Gasteiger partial charge in [0, 0.05) is 0 Å². The topological polar surface area (TPSA) is 107 Å². The molecule has 0 unspecified atom stereocenters. The molecule has 0 aliphatic carbocycles. The number of carboxylic acid groups (broad SMARTS) is 1. The Morgan fingerprint density at radius 1 is 1.40 bits per heavy atom. The summed E-state index contributed by atoms with van der Waals surface area (Å²) in [6.07, 6.45) is -0.118. The number of aryl methyl sites for hydroxylation is 1. The zero-order valence-electron chi connectivity index (χ0n) is 11.7. The second kappa shape index (κ2) is 6.23. The first-order chi connectivity index (χ1) is 9.12. The molecule has 0 spiro atoms. The van der Waals surface area contributed by atoms with Crippen LogP contribution in [0.4, 0.5) is 0 Å². The Morgan fingerprint density at radius 3 is 2.45 bits per heavy atom. The maximum atomic E-state index is 11.6. The minimum atomic E-state index is -3.80. The van der Waals surface area contributed by atoms with Gasteiger partial charge in [0.05, 0.1) is 17.9 Å². The van der Waals surface area contributed by atoms with Crippen LogP contribution in [0.15, 0.2) is 17.0 Å².